The summed E-state index contributed by atoms with van der Waals surface area (Å²) in [6.07, 6.45) is 7.94. The average molecular weight is 335 g/mol. The fourth-order valence-electron chi connectivity index (χ4n) is 4.74. The second kappa shape index (κ2) is 4.11. The number of allylic oxidation sites excluding steroid dienone is 2. The van der Waals surface area contributed by atoms with E-state index in [9.17, 15) is 5.11 Å². The minimum absolute atomic E-state index is 0.222. The molecule has 2 nitrogen and oxygen atoms in total. The van der Waals surface area contributed by atoms with Gasteiger partial charge in [-0.1, -0.05) is 40.2 Å². The molecule has 106 valence electrons. The van der Waals surface area contributed by atoms with E-state index in [4.69, 9.17) is 4.74 Å². The highest BCUT2D eigenvalue weighted by atomic mass is 79.9. The van der Waals surface area contributed by atoms with Gasteiger partial charge in [-0.3, -0.25) is 0 Å². The highest BCUT2D eigenvalue weighted by Crippen LogP contribution is 2.67. The van der Waals surface area contributed by atoms with E-state index >= 15 is 0 Å². The molecule has 4 bridgehead atoms. The van der Waals surface area contributed by atoms with E-state index in [2.05, 4.69) is 28.1 Å². The number of methoxy groups -OCH3 is 1. The number of alkyl halides is 1. The maximum atomic E-state index is 11.7. The number of aliphatic hydroxyl groups is 1. The predicted molar refractivity (Wildman–Crippen MR) is 82.0 cm³/mol. The van der Waals surface area contributed by atoms with Crippen LogP contribution in [0.5, 0.6) is 5.75 Å². The number of hydrogen-bond donors (Lipinski definition) is 1. The Hall–Kier alpha value is -0.800. The van der Waals surface area contributed by atoms with Crippen molar-refractivity contribution >= 4 is 15.9 Å². The van der Waals surface area contributed by atoms with Crippen molar-refractivity contribution in [1.82, 2.24) is 0 Å². The molecule has 5 atom stereocenters. The molecule has 1 aromatic carbocycles. The molecule has 0 unspecified atom stereocenters. The minimum atomic E-state index is -0.793. The van der Waals surface area contributed by atoms with Crippen molar-refractivity contribution in [3.05, 3.63) is 42.0 Å². The second-order valence-electron chi connectivity index (χ2n) is 6.40. The summed E-state index contributed by atoms with van der Waals surface area (Å²) in [5.74, 6) is 2.08. The molecule has 0 amide bonds. The molecule has 0 spiro atoms. The first-order chi connectivity index (χ1) is 9.59. The molecule has 1 N–H and O–H groups in total. The van der Waals surface area contributed by atoms with Crippen molar-refractivity contribution in [2.75, 3.05) is 7.11 Å². The Kier molecular flexibility index (Phi) is 2.65. The summed E-state index contributed by atoms with van der Waals surface area (Å²) in [6, 6.07) is 7.96. The molecule has 4 rings (SSSR count). The van der Waals surface area contributed by atoms with Gasteiger partial charge < -0.3 is 9.84 Å². The minimum Gasteiger partial charge on any atom is -0.497 e. The second-order valence-corrected chi connectivity index (χ2v) is 7.81. The molecule has 0 aromatic heterocycles. The maximum absolute atomic E-state index is 11.7. The van der Waals surface area contributed by atoms with Gasteiger partial charge in [-0.05, 0) is 54.7 Å². The Morgan fingerprint density at radius 2 is 2.20 bits per heavy atom. The van der Waals surface area contributed by atoms with Gasteiger partial charge in [0, 0.05) is 0 Å². The van der Waals surface area contributed by atoms with E-state index in [-0.39, 0.29) is 4.32 Å². The third kappa shape index (κ3) is 1.38. The molecule has 0 heterocycles. The highest BCUT2D eigenvalue weighted by Gasteiger charge is 2.67. The lowest BCUT2D eigenvalue weighted by atomic mass is 9.64. The van der Waals surface area contributed by atoms with Crippen molar-refractivity contribution in [2.45, 2.75) is 29.2 Å². The summed E-state index contributed by atoms with van der Waals surface area (Å²) >= 11 is 3.95. The lowest BCUT2D eigenvalue weighted by Gasteiger charge is -2.49. The summed E-state index contributed by atoms with van der Waals surface area (Å²) in [6.45, 7) is 0. The van der Waals surface area contributed by atoms with Crippen molar-refractivity contribution in [1.29, 1.82) is 0 Å². The zero-order valence-electron chi connectivity index (χ0n) is 11.6. The fourth-order valence-corrected chi connectivity index (χ4v) is 5.84. The number of fused-ring (bicyclic) bond motifs is 6. The van der Waals surface area contributed by atoms with E-state index < -0.39 is 5.60 Å². The van der Waals surface area contributed by atoms with Gasteiger partial charge in [-0.2, -0.15) is 0 Å². The lowest BCUT2D eigenvalue weighted by Crippen LogP contribution is -2.54. The van der Waals surface area contributed by atoms with Crippen molar-refractivity contribution in [3.63, 3.8) is 0 Å². The smallest absolute Gasteiger partial charge is 0.119 e. The molecule has 3 aliphatic carbocycles. The molecule has 20 heavy (non-hydrogen) atoms. The first-order valence-corrected chi connectivity index (χ1v) is 8.13. The van der Waals surface area contributed by atoms with Crippen LogP contribution in [0, 0.1) is 17.8 Å². The van der Waals surface area contributed by atoms with E-state index in [1.807, 2.05) is 24.3 Å². The van der Waals surface area contributed by atoms with Crippen LogP contribution >= 0.6 is 15.9 Å². The van der Waals surface area contributed by atoms with E-state index in [0.29, 0.717) is 17.8 Å². The van der Waals surface area contributed by atoms with Crippen molar-refractivity contribution in [3.8, 4) is 5.75 Å². The molecular weight excluding hydrogens is 316 g/mol. The van der Waals surface area contributed by atoms with Crippen LogP contribution in [0.4, 0.5) is 0 Å². The Balaban J connectivity index is 1.87. The molecule has 3 heteroatoms. The summed E-state index contributed by atoms with van der Waals surface area (Å²) < 4.78 is 5.12. The summed E-state index contributed by atoms with van der Waals surface area (Å²) in [5.41, 5.74) is 0.202. The van der Waals surface area contributed by atoms with Crippen LogP contribution in [0.3, 0.4) is 0 Å². The zero-order valence-corrected chi connectivity index (χ0v) is 13.1. The molecule has 0 radical (unpaired) electrons. The van der Waals surface area contributed by atoms with Gasteiger partial charge in [0.15, 0.2) is 0 Å². The van der Waals surface area contributed by atoms with Crippen LogP contribution < -0.4 is 4.74 Å². The van der Waals surface area contributed by atoms with E-state index in [0.717, 1.165) is 24.2 Å². The van der Waals surface area contributed by atoms with Crippen LogP contribution in [-0.4, -0.2) is 16.5 Å². The van der Waals surface area contributed by atoms with Crippen LogP contribution in [-0.2, 0) is 5.60 Å². The Bertz CT molecular complexity index is 584. The van der Waals surface area contributed by atoms with Gasteiger partial charge in [0.1, 0.15) is 11.4 Å². The van der Waals surface area contributed by atoms with Gasteiger partial charge in [0.25, 0.3) is 0 Å². The van der Waals surface area contributed by atoms with Crippen LogP contribution in [0.25, 0.3) is 0 Å². The van der Waals surface area contributed by atoms with Gasteiger partial charge in [-0.25, -0.2) is 0 Å². The molecule has 0 aliphatic heterocycles. The average Bonchev–Trinajstić information content (AvgIpc) is 2.98. The molecule has 0 saturated heterocycles. The third-order valence-electron chi connectivity index (χ3n) is 5.72. The van der Waals surface area contributed by atoms with Gasteiger partial charge in [-0.15, -0.1) is 0 Å². The number of hydrogen-bond acceptors (Lipinski definition) is 2. The highest BCUT2D eigenvalue weighted by molar-refractivity contribution is 9.10. The Morgan fingerprint density at radius 1 is 1.35 bits per heavy atom. The first-order valence-electron chi connectivity index (χ1n) is 7.34. The summed E-state index contributed by atoms with van der Waals surface area (Å²) in [4.78, 5) is 0. The van der Waals surface area contributed by atoms with Crippen molar-refractivity contribution < 1.29 is 9.84 Å². The summed E-state index contributed by atoms with van der Waals surface area (Å²) in [7, 11) is 1.67. The Labute approximate surface area is 128 Å². The fraction of sp³-hybridized carbons (Fsp3) is 0.529. The Morgan fingerprint density at radius 3 is 3.00 bits per heavy atom. The number of ether oxygens (including phenoxy) is 1. The largest absolute Gasteiger partial charge is 0.497 e. The standard InChI is InChI=1S/C17H19BrO2/c1-20-14-4-2-3-13(10-14)17(19)15-7-8-16(17,18)12-6-5-11(15)9-12/h2-6,10-12,15,19H,7-9H2,1H3/t11-,12+,15+,16+,17-/m0/s1. The quantitative estimate of drug-likeness (QED) is 0.661. The molecule has 2 saturated carbocycles. The van der Waals surface area contributed by atoms with Crippen LogP contribution in [0.1, 0.15) is 24.8 Å². The molecule has 3 aliphatic rings. The SMILES string of the molecule is COc1cccc([C@]2(O)[C@@H]3CC[C@@]2(Br)[C@@H]2C=C[C@H]3C2)c1. The number of rotatable bonds is 2. The van der Waals surface area contributed by atoms with Gasteiger partial charge in [0.05, 0.1) is 11.4 Å². The maximum Gasteiger partial charge on any atom is 0.119 e. The molecular formula is C17H19BrO2. The normalized spacial score (nSPS) is 44.9. The summed E-state index contributed by atoms with van der Waals surface area (Å²) in [5, 5.41) is 11.7. The third-order valence-corrected chi connectivity index (χ3v) is 7.31. The van der Waals surface area contributed by atoms with Crippen LogP contribution in [0.15, 0.2) is 36.4 Å². The monoisotopic (exact) mass is 334 g/mol. The van der Waals surface area contributed by atoms with Gasteiger partial charge in [0.2, 0.25) is 0 Å². The number of benzene rings is 1. The lowest BCUT2D eigenvalue weighted by molar-refractivity contribution is -0.0711. The molecule has 1 aromatic rings. The van der Waals surface area contributed by atoms with Gasteiger partial charge >= 0.3 is 0 Å². The molecule has 2 fully saturated rings. The van der Waals surface area contributed by atoms with Crippen molar-refractivity contribution in [2.24, 2.45) is 17.8 Å². The topological polar surface area (TPSA) is 29.5 Å². The van der Waals surface area contributed by atoms with E-state index in [1.54, 1.807) is 7.11 Å². The number of halogens is 1. The van der Waals surface area contributed by atoms with E-state index in [1.165, 1.54) is 6.42 Å². The zero-order chi connectivity index (χ0) is 14.0. The van der Waals surface area contributed by atoms with Crippen LogP contribution in [0.2, 0.25) is 0 Å². The predicted octanol–water partition coefficient (Wildman–Crippen LogP) is 3.63. The first kappa shape index (κ1) is 12.9.